The molecule has 0 aromatic carbocycles. The number of unbranched alkanes of at least 4 members (excludes halogenated alkanes) is 1. The van der Waals surface area contributed by atoms with E-state index < -0.39 is 79.6 Å². The molecule has 48 heavy (non-hydrogen) atoms. The van der Waals surface area contributed by atoms with Crippen molar-refractivity contribution in [2.24, 2.45) is 5.92 Å². The highest BCUT2D eigenvalue weighted by Crippen LogP contribution is 2.28. The van der Waals surface area contributed by atoms with Crippen LogP contribution in [0.2, 0.25) is 0 Å². The van der Waals surface area contributed by atoms with E-state index in [1.807, 2.05) is 0 Å². The Bertz CT molecular complexity index is 1160. The molecule has 0 spiro atoms. The molecule has 7 atom stereocenters. The van der Waals surface area contributed by atoms with Gasteiger partial charge in [0.2, 0.25) is 11.8 Å². The number of carbonyl (C=O) groups excluding carboxylic acids is 2. The zero-order chi connectivity index (χ0) is 35.1. The van der Waals surface area contributed by atoms with Gasteiger partial charge in [-0.1, -0.05) is 50.2 Å². The molecule has 1 aromatic heterocycles. The molecule has 0 radical (unpaired) electrons. The number of aliphatic hydroxyl groups is 4. The van der Waals surface area contributed by atoms with Crippen LogP contribution >= 0.6 is 0 Å². The SMILES string of the molecule is O=C(O)CC[C@@H](NC(=O)[C@H](COCc1cn(CCO[C@@H]2OC(CO)[C@@H](O)C(O)C2O)nn1)NC(=O)CCCCC1CCCCC1)C(=O)O. The largest absolute Gasteiger partial charge is 0.481 e. The number of aromatic nitrogens is 3. The number of rotatable bonds is 21. The third-order valence-corrected chi connectivity index (χ3v) is 8.48. The smallest absolute Gasteiger partial charge is 0.326 e. The lowest BCUT2D eigenvalue weighted by molar-refractivity contribution is -0.301. The maximum Gasteiger partial charge on any atom is 0.326 e. The molecule has 3 rings (SSSR count). The molecular formula is C30H49N5O13. The Kier molecular flexibility index (Phi) is 16.6. The summed E-state index contributed by atoms with van der Waals surface area (Å²) in [6, 6.07) is -2.74. The van der Waals surface area contributed by atoms with Gasteiger partial charge in [0.25, 0.3) is 0 Å². The van der Waals surface area contributed by atoms with E-state index in [-0.39, 0.29) is 39.2 Å². The minimum absolute atomic E-state index is 0.0477. The second-order valence-corrected chi connectivity index (χ2v) is 12.3. The monoisotopic (exact) mass is 687 g/mol. The lowest BCUT2D eigenvalue weighted by Gasteiger charge is -2.39. The number of carboxylic acids is 2. The van der Waals surface area contributed by atoms with Crippen LogP contribution in [0.15, 0.2) is 6.20 Å². The second-order valence-electron chi connectivity index (χ2n) is 12.3. The van der Waals surface area contributed by atoms with Crippen LogP contribution in [0.4, 0.5) is 0 Å². The van der Waals surface area contributed by atoms with Crippen LogP contribution in [0.25, 0.3) is 0 Å². The van der Waals surface area contributed by atoms with Gasteiger partial charge in [-0.25, -0.2) is 9.48 Å². The van der Waals surface area contributed by atoms with E-state index in [2.05, 4.69) is 20.9 Å². The number of hydrogen-bond donors (Lipinski definition) is 8. The summed E-state index contributed by atoms with van der Waals surface area (Å²) >= 11 is 0. The van der Waals surface area contributed by atoms with Crippen molar-refractivity contribution in [3.8, 4) is 0 Å². The van der Waals surface area contributed by atoms with Crippen molar-refractivity contribution >= 4 is 23.8 Å². The Morgan fingerprint density at radius 1 is 0.979 bits per heavy atom. The maximum atomic E-state index is 13.0. The summed E-state index contributed by atoms with van der Waals surface area (Å²) in [5, 5.41) is 70.4. The maximum absolute atomic E-state index is 13.0. The van der Waals surface area contributed by atoms with E-state index in [0.717, 1.165) is 12.8 Å². The van der Waals surface area contributed by atoms with Gasteiger partial charge in [0.05, 0.1) is 39.2 Å². The molecule has 1 aromatic rings. The average Bonchev–Trinajstić information content (AvgIpc) is 3.52. The number of carboxylic acid groups (broad SMARTS) is 2. The van der Waals surface area contributed by atoms with Gasteiger partial charge in [0.1, 0.15) is 42.2 Å². The van der Waals surface area contributed by atoms with Crippen molar-refractivity contribution in [2.75, 3.05) is 19.8 Å². The number of ether oxygens (including phenoxy) is 3. The fourth-order valence-electron chi connectivity index (χ4n) is 5.70. The van der Waals surface area contributed by atoms with Crippen molar-refractivity contribution in [1.82, 2.24) is 25.6 Å². The lowest BCUT2D eigenvalue weighted by atomic mass is 9.85. The fraction of sp³-hybridized carbons (Fsp3) is 0.800. The summed E-state index contributed by atoms with van der Waals surface area (Å²) in [7, 11) is 0. The number of nitrogens with one attached hydrogen (secondary N) is 2. The zero-order valence-corrected chi connectivity index (χ0v) is 26.9. The van der Waals surface area contributed by atoms with E-state index in [0.29, 0.717) is 18.0 Å². The molecule has 2 aliphatic rings. The molecule has 18 nitrogen and oxygen atoms in total. The zero-order valence-electron chi connectivity index (χ0n) is 26.9. The van der Waals surface area contributed by atoms with Gasteiger partial charge >= 0.3 is 11.9 Å². The molecule has 1 saturated heterocycles. The molecule has 18 heteroatoms. The van der Waals surface area contributed by atoms with Crippen LogP contribution in [0.5, 0.6) is 0 Å². The molecule has 272 valence electrons. The molecule has 2 heterocycles. The van der Waals surface area contributed by atoms with E-state index in [1.54, 1.807) is 0 Å². The number of aliphatic hydroxyl groups excluding tert-OH is 4. The Morgan fingerprint density at radius 3 is 2.42 bits per heavy atom. The Morgan fingerprint density at radius 2 is 1.73 bits per heavy atom. The van der Waals surface area contributed by atoms with Crippen molar-refractivity contribution in [1.29, 1.82) is 0 Å². The van der Waals surface area contributed by atoms with Crippen molar-refractivity contribution in [2.45, 2.75) is 127 Å². The predicted octanol–water partition coefficient (Wildman–Crippen LogP) is -1.33. The molecule has 1 saturated carbocycles. The molecule has 1 aliphatic carbocycles. The number of aliphatic carboxylic acids is 2. The van der Waals surface area contributed by atoms with Crippen LogP contribution < -0.4 is 10.6 Å². The number of amides is 2. The van der Waals surface area contributed by atoms with Crippen molar-refractivity contribution in [3.05, 3.63) is 11.9 Å². The first-order valence-corrected chi connectivity index (χ1v) is 16.4. The third-order valence-electron chi connectivity index (χ3n) is 8.48. The Balaban J connectivity index is 1.49. The van der Waals surface area contributed by atoms with E-state index in [1.165, 1.54) is 43.0 Å². The molecule has 8 N–H and O–H groups in total. The quantitative estimate of drug-likeness (QED) is 0.0696. The highest BCUT2D eigenvalue weighted by molar-refractivity contribution is 5.90. The van der Waals surface area contributed by atoms with Crippen LogP contribution in [0, 0.1) is 5.92 Å². The normalized spacial score (nSPS) is 24.5. The van der Waals surface area contributed by atoms with Crippen LogP contribution in [0.3, 0.4) is 0 Å². The molecule has 1 aliphatic heterocycles. The first-order valence-electron chi connectivity index (χ1n) is 16.4. The van der Waals surface area contributed by atoms with Gasteiger partial charge < -0.3 is 55.5 Å². The van der Waals surface area contributed by atoms with Crippen LogP contribution in [-0.2, 0) is 46.5 Å². The fourth-order valence-corrected chi connectivity index (χ4v) is 5.70. The summed E-state index contributed by atoms with van der Waals surface area (Å²) < 4.78 is 17.8. The van der Waals surface area contributed by atoms with E-state index >= 15 is 0 Å². The summed E-state index contributed by atoms with van der Waals surface area (Å²) in [6.45, 7) is -0.965. The van der Waals surface area contributed by atoms with Gasteiger partial charge in [0, 0.05) is 12.8 Å². The van der Waals surface area contributed by atoms with Gasteiger partial charge in [-0.3, -0.25) is 14.4 Å². The number of hydrogen-bond acceptors (Lipinski definition) is 13. The predicted molar refractivity (Wildman–Crippen MR) is 163 cm³/mol. The first-order chi connectivity index (χ1) is 23.0. The highest BCUT2D eigenvalue weighted by Gasteiger charge is 2.44. The molecule has 2 amide bonds. The van der Waals surface area contributed by atoms with Gasteiger partial charge in [-0.15, -0.1) is 5.10 Å². The first kappa shape index (κ1) is 39.2. The minimum Gasteiger partial charge on any atom is -0.481 e. The molecule has 0 bridgehead atoms. The third kappa shape index (κ3) is 13.0. The van der Waals surface area contributed by atoms with Gasteiger partial charge in [-0.05, 0) is 18.8 Å². The second kappa shape index (κ2) is 20.3. The highest BCUT2D eigenvalue weighted by atomic mass is 16.7. The molecular weight excluding hydrogens is 638 g/mol. The van der Waals surface area contributed by atoms with Crippen LogP contribution in [-0.4, -0.2) is 132 Å². The Labute approximate surface area is 277 Å². The minimum atomic E-state index is -1.57. The Hall–Kier alpha value is -3.26. The summed E-state index contributed by atoms with van der Waals surface area (Å²) in [5.74, 6) is -3.18. The van der Waals surface area contributed by atoms with Crippen LogP contribution in [0.1, 0.15) is 76.3 Å². The van der Waals surface area contributed by atoms with Gasteiger partial charge in [0.15, 0.2) is 6.29 Å². The van der Waals surface area contributed by atoms with E-state index in [4.69, 9.17) is 19.3 Å². The lowest BCUT2D eigenvalue weighted by Crippen LogP contribution is -2.59. The summed E-state index contributed by atoms with van der Waals surface area (Å²) in [4.78, 5) is 48.4. The molecule has 3 unspecified atom stereocenters. The average molecular weight is 688 g/mol. The number of nitrogens with zero attached hydrogens (tertiary/aromatic N) is 3. The summed E-state index contributed by atoms with van der Waals surface area (Å²) in [6.07, 6.45) is 2.57. The number of carbonyl (C=O) groups is 4. The standard InChI is InChI=1S/C30H49N5O13/c36-15-22-25(40)26(41)27(42)30(48-22)47-13-12-35-14-19(33-34-35)16-46-17-21(28(43)32-20(29(44)45)10-11-24(38)39)31-23(37)9-5-4-8-18-6-2-1-3-7-18/h14,18,20-22,25-27,30,36,40-42H,1-13,15-17H2,(H,31,37)(H,32,43)(H,38,39)(H,44,45)/t20-,21+,22?,25-,26?,27?,30-/m1/s1. The van der Waals surface area contributed by atoms with Gasteiger partial charge in [-0.2, -0.15) is 0 Å². The van der Waals surface area contributed by atoms with E-state index in [9.17, 15) is 44.7 Å². The van der Waals surface area contributed by atoms with Crippen molar-refractivity contribution in [3.63, 3.8) is 0 Å². The topological polar surface area (TPSA) is 272 Å². The van der Waals surface area contributed by atoms with Crippen molar-refractivity contribution < 1.29 is 64.0 Å². The molecule has 2 fully saturated rings. The summed E-state index contributed by atoms with van der Waals surface area (Å²) in [5.41, 5.74) is 0.348.